The Balaban J connectivity index is 1.69. The summed E-state index contributed by atoms with van der Waals surface area (Å²) in [4.78, 5) is 9.06. The van der Waals surface area contributed by atoms with E-state index in [1.54, 1.807) is 0 Å². The van der Waals surface area contributed by atoms with Gasteiger partial charge in [-0.15, -0.1) is 0 Å². The lowest BCUT2D eigenvalue weighted by atomic mass is 10.1. The van der Waals surface area contributed by atoms with E-state index in [1.165, 1.54) is 5.56 Å². The van der Waals surface area contributed by atoms with Gasteiger partial charge in [0.15, 0.2) is 11.9 Å². The van der Waals surface area contributed by atoms with Crippen LogP contribution >= 0.6 is 0 Å². The Kier molecular flexibility index (Phi) is 2.60. The highest BCUT2D eigenvalue weighted by molar-refractivity contribution is 5.44. The molecule has 102 valence electrons. The van der Waals surface area contributed by atoms with Crippen LogP contribution in [-0.4, -0.2) is 16.6 Å². The second-order valence-corrected chi connectivity index (χ2v) is 5.11. The van der Waals surface area contributed by atoms with E-state index < -0.39 is 0 Å². The molecule has 2 aliphatic heterocycles. The highest BCUT2D eigenvalue weighted by atomic mass is 16.5. The average molecular weight is 269 g/mol. The first-order valence-corrected chi connectivity index (χ1v) is 6.79. The SMILES string of the molecule is Nc1nc(C2Cc3ccccc3O2)nc2c1COCC2. The van der Waals surface area contributed by atoms with Crippen molar-refractivity contribution < 1.29 is 9.47 Å². The van der Waals surface area contributed by atoms with Crippen molar-refractivity contribution in [3.63, 3.8) is 0 Å². The number of hydrogen-bond donors (Lipinski definition) is 1. The predicted molar refractivity (Wildman–Crippen MR) is 73.3 cm³/mol. The lowest BCUT2D eigenvalue weighted by Crippen LogP contribution is -2.19. The van der Waals surface area contributed by atoms with Crippen LogP contribution < -0.4 is 10.5 Å². The molecule has 0 bridgehead atoms. The average Bonchev–Trinajstić information content (AvgIpc) is 2.91. The number of aromatic nitrogens is 2. The summed E-state index contributed by atoms with van der Waals surface area (Å²) in [7, 11) is 0. The molecule has 5 heteroatoms. The Bertz CT molecular complexity index is 647. The van der Waals surface area contributed by atoms with E-state index in [-0.39, 0.29) is 6.10 Å². The summed E-state index contributed by atoms with van der Waals surface area (Å²) < 4.78 is 11.3. The van der Waals surface area contributed by atoms with Crippen molar-refractivity contribution >= 4 is 5.82 Å². The summed E-state index contributed by atoms with van der Waals surface area (Å²) >= 11 is 0. The molecule has 0 aliphatic carbocycles. The number of hydrogen-bond acceptors (Lipinski definition) is 5. The molecule has 0 amide bonds. The third kappa shape index (κ3) is 1.82. The van der Waals surface area contributed by atoms with E-state index in [4.69, 9.17) is 15.2 Å². The molecule has 0 radical (unpaired) electrons. The number of nitrogens with zero attached hydrogens (tertiary/aromatic N) is 2. The monoisotopic (exact) mass is 269 g/mol. The molecular weight excluding hydrogens is 254 g/mol. The van der Waals surface area contributed by atoms with Crippen LogP contribution in [0.4, 0.5) is 5.82 Å². The topological polar surface area (TPSA) is 70.3 Å². The minimum absolute atomic E-state index is 0.136. The normalized spacial score (nSPS) is 20.1. The van der Waals surface area contributed by atoms with E-state index in [0.717, 1.165) is 29.8 Å². The van der Waals surface area contributed by atoms with Gasteiger partial charge in [-0.2, -0.15) is 0 Å². The second-order valence-electron chi connectivity index (χ2n) is 5.11. The van der Waals surface area contributed by atoms with Gasteiger partial charge in [-0.05, 0) is 11.6 Å². The second kappa shape index (κ2) is 4.45. The quantitative estimate of drug-likeness (QED) is 0.855. The Hall–Kier alpha value is -2.14. The van der Waals surface area contributed by atoms with E-state index in [2.05, 4.69) is 16.0 Å². The summed E-state index contributed by atoms with van der Waals surface area (Å²) in [6, 6.07) is 8.04. The van der Waals surface area contributed by atoms with Crippen LogP contribution in [0.15, 0.2) is 24.3 Å². The maximum atomic E-state index is 6.03. The van der Waals surface area contributed by atoms with Crippen molar-refractivity contribution in [3.05, 3.63) is 46.9 Å². The molecular formula is C15H15N3O2. The smallest absolute Gasteiger partial charge is 0.172 e. The molecule has 1 unspecified atom stereocenters. The van der Waals surface area contributed by atoms with Crippen LogP contribution in [0.25, 0.3) is 0 Å². The number of ether oxygens (including phenoxy) is 2. The number of anilines is 1. The molecule has 0 spiro atoms. The maximum Gasteiger partial charge on any atom is 0.172 e. The third-order valence-corrected chi connectivity index (χ3v) is 3.81. The largest absolute Gasteiger partial charge is 0.482 e. The molecule has 1 atom stereocenters. The van der Waals surface area contributed by atoms with Gasteiger partial charge in [0.2, 0.25) is 0 Å². The van der Waals surface area contributed by atoms with Gasteiger partial charge >= 0.3 is 0 Å². The zero-order valence-corrected chi connectivity index (χ0v) is 11.0. The number of benzene rings is 1. The summed E-state index contributed by atoms with van der Waals surface area (Å²) in [6.07, 6.45) is 1.45. The highest BCUT2D eigenvalue weighted by Gasteiger charge is 2.28. The van der Waals surface area contributed by atoms with Crippen LogP contribution in [0, 0.1) is 0 Å². The summed E-state index contributed by atoms with van der Waals surface area (Å²) in [5, 5.41) is 0. The minimum atomic E-state index is -0.136. The molecule has 20 heavy (non-hydrogen) atoms. The molecule has 1 aromatic carbocycles. The van der Waals surface area contributed by atoms with E-state index >= 15 is 0 Å². The standard InChI is InChI=1S/C15H15N3O2/c16-14-10-8-19-6-5-11(10)17-15(18-14)13-7-9-3-1-2-4-12(9)20-13/h1-4,13H,5-8H2,(H2,16,17,18). The molecule has 0 fully saturated rings. The van der Waals surface area contributed by atoms with Crippen LogP contribution in [0.1, 0.15) is 28.7 Å². The van der Waals surface area contributed by atoms with Gasteiger partial charge in [0.1, 0.15) is 11.6 Å². The Morgan fingerprint density at radius 3 is 3.00 bits per heavy atom. The highest BCUT2D eigenvalue weighted by Crippen LogP contribution is 2.35. The summed E-state index contributed by atoms with van der Waals surface area (Å²) in [6.45, 7) is 1.20. The van der Waals surface area contributed by atoms with Crippen molar-refractivity contribution in [2.45, 2.75) is 25.6 Å². The van der Waals surface area contributed by atoms with Crippen LogP contribution in [0.2, 0.25) is 0 Å². The number of nitrogens with two attached hydrogens (primary N) is 1. The Morgan fingerprint density at radius 1 is 1.20 bits per heavy atom. The molecule has 4 rings (SSSR count). The number of para-hydroxylation sites is 1. The predicted octanol–water partition coefficient (Wildman–Crippen LogP) is 1.81. The van der Waals surface area contributed by atoms with E-state index in [9.17, 15) is 0 Å². The molecule has 2 N–H and O–H groups in total. The van der Waals surface area contributed by atoms with Crippen molar-refractivity contribution in [3.8, 4) is 5.75 Å². The number of fused-ring (bicyclic) bond motifs is 2. The lowest BCUT2D eigenvalue weighted by Gasteiger charge is -2.19. The molecule has 0 saturated heterocycles. The number of nitrogen functional groups attached to an aromatic ring is 1. The molecule has 2 aromatic rings. The zero-order chi connectivity index (χ0) is 13.5. The Labute approximate surface area is 116 Å². The molecule has 1 aromatic heterocycles. The van der Waals surface area contributed by atoms with Crippen molar-refractivity contribution in [2.75, 3.05) is 12.3 Å². The van der Waals surface area contributed by atoms with Crippen LogP contribution in [0.3, 0.4) is 0 Å². The van der Waals surface area contributed by atoms with Crippen LogP contribution in [-0.2, 0) is 24.2 Å². The third-order valence-electron chi connectivity index (χ3n) is 3.81. The first-order chi connectivity index (χ1) is 9.81. The van der Waals surface area contributed by atoms with E-state index in [1.807, 2.05) is 18.2 Å². The van der Waals surface area contributed by atoms with Crippen molar-refractivity contribution in [2.24, 2.45) is 0 Å². The molecule has 0 saturated carbocycles. The van der Waals surface area contributed by atoms with Gasteiger partial charge in [-0.25, -0.2) is 9.97 Å². The molecule has 2 aliphatic rings. The van der Waals surface area contributed by atoms with Crippen molar-refractivity contribution in [1.29, 1.82) is 0 Å². The molecule has 3 heterocycles. The van der Waals surface area contributed by atoms with Gasteiger partial charge in [0.05, 0.1) is 18.9 Å². The molecule has 5 nitrogen and oxygen atoms in total. The van der Waals surface area contributed by atoms with Gasteiger partial charge in [0.25, 0.3) is 0 Å². The Morgan fingerprint density at radius 2 is 2.10 bits per heavy atom. The lowest BCUT2D eigenvalue weighted by molar-refractivity contribution is 0.109. The first kappa shape index (κ1) is 11.7. The summed E-state index contributed by atoms with van der Waals surface area (Å²) in [5.41, 5.74) is 9.15. The number of rotatable bonds is 1. The van der Waals surface area contributed by atoms with Gasteiger partial charge < -0.3 is 15.2 Å². The fourth-order valence-electron chi connectivity index (χ4n) is 2.75. The zero-order valence-electron chi connectivity index (χ0n) is 11.0. The fraction of sp³-hybridized carbons (Fsp3) is 0.333. The summed E-state index contributed by atoms with van der Waals surface area (Å²) in [5.74, 6) is 2.12. The first-order valence-electron chi connectivity index (χ1n) is 6.79. The van der Waals surface area contributed by atoms with Gasteiger partial charge in [-0.3, -0.25) is 0 Å². The van der Waals surface area contributed by atoms with Crippen LogP contribution in [0.5, 0.6) is 5.75 Å². The minimum Gasteiger partial charge on any atom is -0.482 e. The van der Waals surface area contributed by atoms with Crippen molar-refractivity contribution in [1.82, 2.24) is 9.97 Å². The van der Waals surface area contributed by atoms with Gasteiger partial charge in [-0.1, -0.05) is 18.2 Å². The van der Waals surface area contributed by atoms with E-state index in [0.29, 0.717) is 24.9 Å². The fourth-order valence-corrected chi connectivity index (χ4v) is 2.75. The van der Waals surface area contributed by atoms with Gasteiger partial charge in [0, 0.05) is 18.4 Å². The maximum absolute atomic E-state index is 6.03.